The maximum Gasteiger partial charge on any atom is 0.416 e. The minimum Gasteiger partial charge on any atom is -0.357 e. The maximum atomic E-state index is 14.9. The van der Waals surface area contributed by atoms with Crippen LogP contribution < -0.4 is 20.9 Å². The average Bonchev–Trinajstić information content (AvgIpc) is 3.36. The van der Waals surface area contributed by atoms with Crippen molar-refractivity contribution < 1.29 is 22.4 Å². The van der Waals surface area contributed by atoms with Gasteiger partial charge in [0.15, 0.2) is 0 Å². The number of benzene rings is 2. The van der Waals surface area contributed by atoms with Crippen molar-refractivity contribution in [2.24, 2.45) is 4.99 Å². The molecule has 2 aromatic carbocycles. The Morgan fingerprint density at radius 2 is 1.89 bits per heavy atom. The molecule has 196 valence electrons. The first-order valence-electron chi connectivity index (χ1n) is 11.4. The molecule has 0 saturated carbocycles. The summed E-state index contributed by atoms with van der Waals surface area (Å²) in [7, 11) is 1.72. The highest BCUT2D eigenvalue weighted by Crippen LogP contribution is 2.38. The fourth-order valence-corrected chi connectivity index (χ4v) is 4.42. The number of aryl methyl sites for hydroxylation is 1. The number of fused-ring (bicyclic) bond motifs is 3. The van der Waals surface area contributed by atoms with Crippen LogP contribution in [0.5, 0.6) is 0 Å². The molecule has 13 heteroatoms. The fourth-order valence-electron chi connectivity index (χ4n) is 4.25. The summed E-state index contributed by atoms with van der Waals surface area (Å²) >= 11 is 5.96. The zero-order valence-corrected chi connectivity index (χ0v) is 20.8. The lowest BCUT2D eigenvalue weighted by atomic mass is 9.94. The Kier molecular flexibility index (Phi) is 6.43. The van der Waals surface area contributed by atoms with Gasteiger partial charge < -0.3 is 20.9 Å². The Morgan fingerprint density at radius 1 is 1.13 bits per heavy atom. The molecule has 0 saturated heterocycles. The Hall–Kier alpha value is -4.19. The fraction of sp³-hybridized carbons (Fsp3) is 0.200. The molecule has 0 fully saturated rings. The third kappa shape index (κ3) is 4.74. The van der Waals surface area contributed by atoms with Crippen molar-refractivity contribution in [3.63, 3.8) is 0 Å². The zero-order valence-electron chi connectivity index (χ0n) is 20.0. The van der Waals surface area contributed by atoms with E-state index in [0.29, 0.717) is 53.5 Å². The highest BCUT2D eigenvalue weighted by molar-refractivity contribution is 6.36. The van der Waals surface area contributed by atoms with Crippen molar-refractivity contribution in [1.29, 1.82) is 0 Å². The van der Waals surface area contributed by atoms with Gasteiger partial charge in [0.1, 0.15) is 17.5 Å². The third-order valence-corrected chi connectivity index (χ3v) is 6.38. The summed E-state index contributed by atoms with van der Waals surface area (Å²) in [5, 5.41) is 7.43. The highest BCUT2D eigenvalue weighted by atomic mass is 35.5. The predicted octanol–water partition coefficient (Wildman–Crippen LogP) is 6.05. The number of carbonyl (C=O) groups is 1. The number of nitrogens with zero attached hydrogens (tertiary/aromatic N) is 4. The van der Waals surface area contributed by atoms with E-state index in [1.807, 2.05) is 11.0 Å². The van der Waals surface area contributed by atoms with Crippen LogP contribution in [0.1, 0.15) is 22.3 Å². The lowest BCUT2D eigenvalue weighted by Gasteiger charge is -2.28. The van der Waals surface area contributed by atoms with Crippen LogP contribution >= 0.6 is 11.6 Å². The number of rotatable bonds is 4. The van der Waals surface area contributed by atoms with Gasteiger partial charge in [0, 0.05) is 30.9 Å². The first-order chi connectivity index (χ1) is 18.0. The molecule has 2 amide bonds. The normalized spacial score (nSPS) is 14.3. The molecule has 2 aliphatic rings. The van der Waals surface area contributed by atoms with E-state index in [4.69, 9.17) is 11.6 Å². The number of hydrogen-bond donors (Lipinski definition) is 3. The van der Waals surface area contributed by atoms with E-state index in [-0.39, 0.29) is 16.4 Å². The number of alkyl halides is 3. The summed E-state index contributed by atoms with van der Waals surface area (Å²) in [6.45, 7) is 2.86. The first-order valence-corrected chi connectivity index (χ1v) is 11.8. The first kappa shape index (κ1) is 25.5. The standard InChI is InChI=1S/C25H20ClF4N7O/c1-12-7-18(27)20(35-24(38)34-19-9-14(25(28,29)30)3-4-17(19)26)10-15(12)16-8-13-11-33-23(31-2)36-21(13)37-6-5-32-22(16)37/h3-4,7-11H,5-6H2,1-2H3,(H,31,33,36)(H2,34,35,38). The molecule has 3 aromatic rings. The van der Waals surface area contributed by atoms with Gasteiger partial charge in [-0.05, 0) is 54.5 Å². The van der Waals surface area contributed by atoms with Crippen molar-refractivity contribution in [2.75, 3.05) is 41.0 Å². The van der Waals surface area contributed by atoms with Gasteiger partial charge in [0.2, 0.25) is 5.95 Å². The van der Waals surface area contributed by atoms with Crippen LogP contribution in [0.2, 0.25) is 5.02 Å². The predicted molar refractivity (Wildman–Crippen MR) is 139 cm³/mol. The van der Waals surface area contributed by atoms with E-state index in [9.17, 15) is 22.4 Å². The van der Waals surface area contributed by atoms with Crippen LogP contribution in [0.15, 0.2) is 41.5 Å². The number of amides is 2. The second-order valence-electron chi connectivity index (χ2n) is 8.56. The van der Waals surface area contributed by atoms with E-state index in [2.05, 4.69) is 30.9 Å². The van der Waals surface area contributed by atoms with Crippen LogP contribution in [0.3, 0.4) is 0 Å². The molecular formula is C25H20ClF4N7O. The van der Waals surface area contributed by atoms with Gasteiger partial charge in [-0.15, -0.1) is 0 Å². The van der Waals surface area contributed by atoms with Gasteiger partial charge in [0.05, 0.1) is 28.5 Å². The van der Waals surface area contributed by atoms with Gasteiger partial charge in [-0.1, -0.05) is 11.6 Å². The molecule has 0 aliphatic carbocycles. The van der Waals surface area contributed by atoms with Crippen molar-refractivity contribution in [3.8, 4) is 0 Å². The van der Waals surface area contributed by atoms with Crippen molar-refractivity contribution in [2.45, 2.75) is 13.1 Å². The lowest BCUT2D eigenvalue weighted by Crippen LogP contribution is -2.32. The van der Waals surface area contributed by atoms with Gasteiger partial charge >= 0.3 is 12.2 Å². The molecule has 0 radical (unpaired) electrons. The van der Waals surface area contributed by atoms with E-state index in [1.165, 1.54) is 12.1 Å². The maximum absolute atomic E-state index is 14.9. The highest BCUT2D eigenvalue weighted by Gasteiger charge is 2.32. The van der Waals surface area contributed by atoms with Crippen LogP contribution in [0.4, 0.5) is 45.5 Å². The summed E-state index contributed by atoms with van der Waals surface area (Å²) < 4.78 is 54.1. The molecule has 3 heterocycles. The molecule has 5 rings (SSSR count). The average molecular weight is 546 g/mol. The van der Waals surface area contributed by atoms with E-state index in [0.717, 1.165) is 17.7 Å². The second kappa shape index (κ2) is 9.60. The number of hydrogen-bond acceptors (Lipinski definition) is 6. The number of aliphatic imine (C=N–C) groups is 1. The Morgan fingerprint density at radius 3 is 2.63 bits per heavy atom. The van der Waals surface area contributed by atoms with Crippen LogP contribution in [0, 0.1) is 12.7 Å². The Labute approximate surface area is 219 Å². The topological polar surface area (TPSA) is 94.5 Å². The van der Waals surface area contributed by atoms with Crippen molar-refractivity contribution in [3.05, 3.63) is 69.6 Å². The van der Waals surface area contributed by atoms with Gasteiger partial charge in [-0.25, -0.2) is 14.2 Å². The monoisotopic (exact) mass is 545 g/mol. The van der Waals surface area contributed by atoms with E-state index >= 15 is 0 Å². The minimum atomic E-state index is -4.63. The molecule has 0 bridgehead atoms. The molecule has 3 N–H and O–H groups in total. The smallest absolute Gasteiger partial charge is 0.357 e. The Balaban J connectivity index is 1.47. The largest absolute Gasteiger partial charge is 0.416 e. The summed E-state index contributed by atoms with van der Waals surface area (Å²) in [4.78, 5) is 28.0. The van der Waals surface area contributed by atoms with E-state index in [1.54, 1.807) is 20.2 Å². The molecule has 38 heavy (non-hydrogen) atoms. The number of amidine groups is 1. The third-order valence-electron chi connectivity index (χ3n) is 6.05. The number of anilines is 4. The second-order valence-corrected chi connectivity index (χ2v) is 8.96. The molecule has 8 nitrogen and oxygen atoms in total. The number of carbonyl (C=O) groups excluding carboxylic acids is 1. The SMILES string of the molecule is CNc1ncc2c(n1)N1CCN=C1C(c1cc(NC(=O)Nc3cc(C(F)(F)F)ccc3Cl)c(F)cc1C)=C2. The van der Waals surface area contributed by atoms with Crippen LogP contribution in [-0.4, -0.2) is 42.0 Å². The zero-order chi connectivity index (χ0) is 27.2. The quantitative estimate of drug-likeness (QED) is 0.347. The molecule has 2 aliphatic heterocycles. The summed E-state index contributed by atoms with van der Waals surface area (Å²) in [5.41, 5.74) is 1.20. The number of aromatic nitrogens is 2. The van der Waals surface area contributed by atoms with Gasteiger partial charge in [-0.3, -0.25) is 4.99 Å². The Bertz CT molecular complexity index is 1520. The molecular weight excluding hydrogens is 526 g/mol. The number of halogens is 5. The lowest BCUT2D eigenvalue weighted by molar-refractivity contribution is -0.137. The van der Waals surface area contributed by atoms with E-state index < -0.39 is 23.6 Å². The molecule has 0 atom stereocenters. The molecule has 0 spiro atoms. The summed E-state index contributed by atoms with van der Waals surface area (Å²) in [6, 6.07) is 4.28. The summed E-state index contributed by atoms with van der Waals surface area (Å²) in [5.74, 6) is 1.09. The minimum absolute atomic E-state index is 0.104. The van der Waals surface area contributed by atoms with Gasteiger partial charge in [-0.2, -0.15) is 18.2 Å². The van der Waals surface area contributed by atoms with Crippen molar-refractivity contribution in [1.82, 2.24) is 9.97 Å². The van der Waals surface area contributed by atoms with Crippen LogP contribution in [0.25, 0.3) is 11.6 Å². The van der Waals surface area contributed by atoms with Crippen molar-refractivity contribution >= 4 is 58.3 Å². The van der Waals surface area contributed by atoms with Crippen LogP contribution in [-0.2, 0) is 6.18 Å². The molecule has 0 unspecified atom stereocenters. The number of nitrogens with one attached hydrogen (secondary N) is 3. The van der Waals surface area contributed by atoms with Gasteiger partial charge in [0.25, 0.3) is 0 Å². The molecule has 1 aromatic heterocycles. The number of urea groups is 1. The summed E-state index contributed by atoms with van der Waals surface area (Å²) in [6.07, 6.45) is -1.10.